The molecule has 2 amide bonds. The first-order valence-electron chi connectivity index (χ1n) is 13.1. The number of hydrogen-bond donors (Lipinski definition) is 0. The van der Waals surface area contributed by atoms with E-state index in [-0.39, 0.29) is 11.8 Å². The Balaban J connectivity index is 1.65. The lowest BCUT2D eigenvalue weighted by Crippen LogP contribution is -2.33. The molecule has 4 rings (SSSR count). The van der Waals surface area contributed by atoms with Crippen LogP contribution in [0.15, 0.2) is 46.2 Å². The topological polar surface area (TPSA) is 40.6 Å². The van der Waals surface area contributed by atoms with Crippen molar-refractivity contribution in [1.29, 1.82) is 0 Å². The molecule has 0 N–H and O–H groups in total. The normalized spacial score (nSPS) is 16.9. The molecule has 188 valence electrons. The van der Waals surface area contributed by atoms with Crippen LogP contribution in [0.2, 0.25) is 0 Å². The van der Waals surface area contributed by atoms with Gasteiger partial charge in [0, 0.05) is 13.1 Å². The molecule has 4 nitrogen and oxygen atoms in total. The summed E-state index contributed by atoms with van der Waals surface area (Å²) >= 11 is 3.20. The van der Waals surface area contributed by atoms with Crippen LogP contribution in [0.4, 0.5) is 0 Å². The first-order valence-corrected chi connectivity index (χ1v) is 14.9. The van der Waals surface area contributed by atoms with Crippen LogP contribution >= 0.6 is 22.7 Å². The molecule has 1 unspecified atom stereocenters. The second-order valence-corrected chi connectivity index (χ2v) is 12.2. The van der Waals surface area contributed by atoms with E-state index in [0.29, 0.717) is 36.1 Å². The van der Waals surface area contributed by atoms with Crippen molar-refractivity contribution >= 4 is 45.9 Å². The Kier molecular flexibility index (Phi) is 8.66. The van der Waals surface area contributed by atoms with Gasteiger partial charge in [-0.25, -0.2) is 0 Å². The summed E-state index contributed by atoms with van der Waals surface area (Å²) in [5.41, 5.74) is 2.83. The van der Waals surface area contributed by atoms with Crippen LogP contribution in [0.25, 0.3) is 11.4 Å². The number of unbranched alkanes of at least 4 members (excludes halogenated alkanes) is 5. The molecular weight excluding hydrogens is 472 g/mol. The molecule has 6 heteroatoms. The van der Waals surface area contributed by atoms with Crippen LogP contribution < -0.4 is 0 Å². The first kappa shape index (κ1) is 25.9. The number of nitrogens with zero attached hydrogens (tertiary/aromatic N) is 2. The Morgan fingerprint density at radius 3 is 1.74 bits per heavy atom. The summed E-state index contributed by atoms with van der Waals surface area (Å²) in [4.78, 5) is 33.6. The van der Waals surface area contributed by atoms with Crippen molar-refractivity contribution in [2.75, 3.05) is 13.1 Å². The molecule has 0 saturated heterocycles. The molecule has 0 aromatic carbocycles. The molecule has 2 aliphatic rings. The highest BCUT2D eigenvalue weighted by Crippen LogP contribution is 2.48. The van der Waals surface area contributed by atoms with Crippen LogP contribution in [-0.2, 0) is 9.59 Å². The number of rotatable bonds is 13. The summed E-state index contributed by atoms with van der Waals surface area (Å²) in [5.74, 6) is 0.649. The zero-order chi connectivity index (χ0) is 24.9. The van der Waals surface area contributed by atoms with Crippen molar-refractivity contribution in [3.8, 4) is 0 Å². The number of fused-ring (bicyclic) bond motifs is 1. The van der Waals surface area contributed by atoms with Crippen LogP contribution in [0.5, 0.6) is 0 Å². The predicted molar refractivity (Wildman–Crippen MR) is 148 cm³/mol. The van der Waals surface area contributed by atoms with E-state index in [2.05, 4.69) is 27.7 Å². The lowest BCUT2D eigenvalue weighted by Gasteiger charge is -2.27. The standard InChI is InChI=1S/C29H38N2O2S2/c1-5-6-7-8-9-10-13-21(4)19-31-27(23-15-12-17-35-23)25-24(29(31)33)26(22-14-11-16-34-22)30(28(25)32)18-20(2)3/h11-12,14-17,20-21H,5-10,13,18-19H2,1-4H3. The third-order valence-corrected chi connectivity index (χ3v) is 8.54. The van der Waals surface area contributed by atoms with Crippen LogP contribution in [0.1, 0.15) is 82.4 Å². The SMILES string of the molecule is CCCCCCCCC(C)CN1C(=O)C2=C(c3cccs3)N(CC(C)C)C(=O)C2=C1c1cccs1. The van der Waals surface area contributed by atoms with Gasteiger partial charge < -0.3 is 9.80 Å². The molecule has 0 fully saturated rings. The number of carbonyl (C=O) groups excluding carboxylic acids is 2. The highest BCUT2D eigenvalue weighted by molar-refractivity contribution is 7.11. The molecule has 0 bridgehead atoms. The Morgan fingerprint density at radius 1 is 0.743 bits per heavy atom. The molecule has 35 heavy (non-hydrogen) atoms. The zero-order valence-electron chi connectivity index (χ0n) is 21.5. The molecule has 2 aromatic heterocycles. The summed E-state index contributed by atoms with van der Waals surface area (Å²) in [5, 5.41) is 4.04. The Hall–Kier alpha value is -2.18. The highest BCUT2D eigenvalue weighted by Gasteiger charge is 2.49. The van der Waals surface area contributed by atoms with Crippen LogP contribution in [0, 0.1) is 11.8 Å². The largest absolute Gasteiger partial charge is 0.306 e. The minimum Gasteiger partial charge on any atom is -0.306 e. The van der Waals surface area contributed by atoms with Crippen molar-refractivity contribution in [2.24, 2.45) is 11.8 Å². The van der Waals surface area contributed by atoms with Gasteiger partial charge in [-0.2, -0.15) is 0 Å². The minimum absolute atomic E-state index is 0.0128. The maximum atomic E-state index is 14.0. The second-order valence-electron chi connectivity index (χ2n) is 10.3. The van der Waals surface area contributed by atoms with Crippen molar-refractivity contribution in [3.05, 3.63) is 55.9 Å². The summed E-state index contributed by atoms with van der Waals surface area (Å²) < 4.78 is 0. The maximum absolute atomic E-state index is 14.0. The van der Waals surface area contributed by atoms with Gasteiger partial charge in [-0.05, 0) is 41.1 Å². The minimum atomic E-state index is -0.0278. The fourth-order valence-corrected chi connectivity index (χ4v) is 6.69. The van der Waals surface area contributed by atoms with Crippen LogP contribution in [-0.4, -0.2) is 34.7 Å². The summed E-state index contributed by atoms with van der Waals surface area (Å²) in [6, 6.07) is 8.06. The van der Waals surface area contributed by atoms with Crippen molar-refractivity contribution in [3.63, 3.8) is 0 Å². The van der Waals surface area contributed by atoms with E-state index in [1.54, 1.807) is 22.7 Å². The first-order chi connectivity index (χ1) is 16.9. The van der Waals surface area contributed by atoms with Gasteiger partial charge in [-0.1, -0.05) is 78.4 Å². The molecule has 2 aromatic rings. The fourth-order valence-electron chi connectivity index (χ4n) is 5.12. The van der Waals surface area contributed by atoms with Gasteiger partial charge in [0.15, 0.2) is 0 Å². The summed E-state index contributed by atoms with van der Waals surface area (Å²) in [6.45, 7) is 9.99. The molecule has 0 aliphatic carbocycles. The molecular formula is C29H38N2O2S2. The average Bonchev–Trinajstić information content (AvgIpc) is 3.61. The van der Waals surface area contributed by atoms with Gasteiger partial charge in [0.25, 0.3) is 11.8 Å². The second kappa shape index (κ2) is 11.7. The van der Waals surface area contributed by atoms with Gasteiger partial charge in [0.05, 0.1) is 32.3 Å². The summed E-state index contributed by atoms with van der Waals surface area (Å²) in [6.07, 6.45) is 8.76. The predicted octanol–water partition coefficient (Wildman–Crippen LogP) is 7.66. The van der Waals surface area contributed by atoms with Gasteiger partial charge >= 0.3 is 0 Å². The lowest BCUT2D eigenvalue weighted by atomic mass is 10.0. The molecule has 4 heterocycles. The number of hydrogen-bond acceptors (Lipinski definition) is 4. The smallest absolute Gasteiger partial charge is 0.261 e. The Bertz CT molecular complexity index is 1080. The van der Waals surface area contributed by atoms with E-state index in [0.717, 1.165) is 27.6 Å². The maximum Gasteiger partial charge on any atom is 0.261 e. The quantitative estimate of drug-likeness (QED) is 0.260. The molecule has 1 atom stereocenters. The molecule has 0 spiro atoms. The van der Waals surface area contributed by atoms with E-state index >= 15 is 0 Å². The van der Waals surface area contributed by atoms with E-state index in [1.807, 2.05) is 44.8 Å². The Labute approximate surface area is 218 Å². The van der Waals surface area contributed by atoms with Crippen molar-refractivity contribution in [1.82, 2.24) is 9.80 Å². The monoisotopic (exact) mass is 510 g/mol. The van der Waals surface area contributed by atoms with Gasteiger partial charge in [0.1, 0.15) is 0 Å². The zero-order valence-corrected chi connectivity index (χ0v) is 23.1. The van der Waals surface area contributed by atoms with E-state index in [1.165, 1.54) is 38.5 Å². The Morgan fingerprint density at radius 2 is 1.26 bits per heavy atom. The van der Waals surface area contributed by atoms with Gasteiger partial charge in [0.2, 0.25) is 0 Å². The van der Waals surface area contributed by atoms with Gasteiger partial charge in [-0.3, -0.25) is 9.59 Å². The van der Waals surface area contributed by atoms with Crippen molar-refractivity contribution < 1.29 is 9.59 Å². The van der Waals surface area contributed by atoms with Gasteiger partial charge in [-0.15, -0.1) is 22.7 Å². The van der Waals surface area contributed by atoms with Crippen LogP contribution in [0.3, 0.4) is 0 Å². The lowest BCUT2D eigenvalue weighted by molar-refractivity contribution is -0.124. The number of amides is 2. The third-order valence-electron chi connectivity index (χ3n) is 6.78. The third kappa shape index (κ3) is 5.49. The number of thiophene rings is 2. The molecule has 0 saturated carbocycles. The average molecular weight is 511 g/mol. The van der Waals surface area contributed by atoms with E-state index < -0.39 is 0 Å². The summed E-state index contributed by atoms with van der Waals surface area (Å²) in [7, 11) is 0. The number of carbonyl (C=O) groups is 2. The van der Waals surface area contributed by atoms with Crippen molar-refractivity contribution in [2.45, 2.75) is 72.6 Å². The van der Waals surface area contributed by atoms with E-state index in [4.69, 9.17) is 0 Å². The fraction of sp³-hybridized carbons (Fsp3) is 0.517. The molecule has 2 aliphatic heterocycles. The molecule has 0 radical (unpaired) electrons. The van der Waals surface area contributed by atoms with E-state index in [9.17, 15) is 9.59 Å². The highest BCUT2D eigenvalue weighted by atomic mass is 32.1.